The van der Waals surface area contributed by atoms with Gasteiger partial charge in [-0.3, -0.25) is 0 Å². The Kier molecular flexibility index (Phi) is 6.82. The van der Waals surface area contributed by atoms with E-state index in [1.807, 2.05) is 0 Å². The molecule has 1 fully saturated rings. The maximum absolute atomic E-state index is 11.7. The third kappa shape index (κ3) is 5.55. The van der Waals surface area contributed by atoms with Crippen LogP contribution in [0, 0.1) is 0 Å². The zero-order chi connectivity index (χ0) is 13.4. The zero-order valence-electron chi connectivity index (χ0n) is 10.4. The largest absolute Gasteiger partial charge is 0.447 e. The number of rotatable bonds is 4. The van der Waals surface area contributed by atoms with Gasteiger partial charge < -0.3 is 14.2 Å². The lowest BCUT2D eigenvalue weighted by Gasteiger charge is -2.21. The molecule has 5 nitrogen and oxygen atoms in total. The Balaban J connectivity index is 2.36. The molecule has 0 aliphatic carbocycles. The van der Waals surface area contributed by atoms with Crippen molar-refractivity contribution in [3.63, 3.8) is 0 Å². The van der Waals surface area contributed by atoms with Crippen LogP contribution in [0.15, 0.2) is 12.7 Å². The third-order valence-corrected chi connectivity index (χ3v) is 3.41. The molecule has 0 amide bonds. The number of hydrogen-bond acceptors (Lipinski definition) is 6. The predicted molar refractivity (Wildman–Crippen MR) is 68.1 cm³/mol. The Morgan fingerprint density at radius 3 is 3.00 bits per heavy atom. The van der Waals surface area contributed by atoms with Crippen LogP contribution < -0.4 is 0 Å². The maximum Gasteiger partial charge on any atom is 0.348 e. The molecule has 1 aliphatic heterocycles. The van der Waals surface area contributed by atoms with Crippen LogP contribution >= 0.6 is 11.8 Å². The molecule has 0 radical (unpaired) electrons. The van der Waals surface area contributed by atoms with Crippen LogP contribution in [0.3, 0.4) is 0 Å². The first-order valence-electron chi connectivity index (χ1n) is 5.86. The third-order valence-electron chi connectivity index (χ3n) is 2.28. The molecule has 2 unspecified atom stereocenters. The second kappa shape index (κ2) is 8.16. The van der Waals surface area contributed by atoms with Gasteiger partial charge in [0.15, 0.2) is 11.5 Å². The molecule has 0 aromatic carbocycles. The molecule has 0 N–H and O–H groups in total. The van der Waals surface area contributed by atoms with E-state index >= 15 is 0 Å². The Labute approximate surface area is 111 Å². The van der Waals surface area contributed by atoms with Crippen LogP contribution in [0.2, 0.25) is 0 Å². The minimum absolute atomic E-state index is 0.331. The van der Waals surface area contributed by atoms with Gasteiger partial charge in [0.05, 0.1) is 6.61 Å². The van der Waals surface area contributed by atoms with Crippen molar-refractivity contribution in [2.24, 2.45) is 0 Å². The van der Waals surface area contributed by atoms with Gasteiger partial charge in [-0.1, -0.05) is 6.58 Å². The minimum Gasteiger partial charge on any atom is -0.447 e. The van der Waals surface area contributed by atoms with Crippen molar-refractivity contribution in [3.8, 4) is 0 Å². The van der Waals surface area contributed by atoms with Gasteiger partial charge in [-0.2, -0.15) is 0 Å². The van der Waals surface area contributed by atoms with Crippen molar-refractivity contribution < 1.29 is 23.8 Å². The van der Waals surface area contributed by atoms with Gasteiger partial charge in [0.2, 0.25) is 0 Å². The zero-order valence-corrected chi connectivity index (χ0v) is 11.2. The first kappa shape index (κ1) is 15.0. The van der Waals surface area contributed by atoms with Crippen molar-refractivity contribution in [1.82, 2.24) is 0 Å². The molecule has 1 aliphatic rings. The van der Waals surface area contributed by atoms with Crippen molar-refractivity contribution in [1.29, 1.82) is 0 Å². The second-order valence-corrected chi connectivity index (χ2v) is 5.07. The average molecular weight is 274 g/mol. The van der Waals surface area contributed by atoms with E-state index in [2.05, 4.69) is 6.58 Å². The first-order chi connectivity index (χ1) is 8.63. The van der Waals surface area contributed by atoms with Crippen LogP contribution in [-0.4, -0.2) is 42.4 Å². The van der Waals surface area contributed by atoms with Gasteiger partial charge in [-0.05, 0) is 25.5 Å². The van der Waals surface area contributed by atoms with Crippen LogP contribution in [-0.2, 0) is 23.8 Å². The summed E-state index contributed by atoms with van der Waals surface area (Å²) in [6.45, 7) is 5.79. The van der Waals surface area contributed by atoms with Gasteiger partial charge >= 0.3 is 11.9 Å². The Hall–Kier alpha value is -1.01. The van der Waals surface area contributed by atoms with Crippen LogP contribution in [0.5, 0.6) is 0 Å². The topological polar surface area (TPSA) is 61.8 Å². The standard InChI is InChI=1S/C12H18O5S/c1-3-10(13)16-9(2)12(14)17-11-8-15-6-4-5-7-18-11/h3,9,11H,1,4-8H2,2H3. The summed E-state index contributed by atoms with van der Waals surface area (Å²) in [5, 5.41) is 0. The van der Waals surface area contributed by atoms with E-state index in [9.17, 15) is 9.59 Å². The highest BCUT2D eigenvalue weighted by atomic mass is 32.2. The lowest BCUT2D eigenvalue weighted by molar-refractivity contribution is -0.166. The second-order valence-electron chi connectivity index (χ2n) is 3.80. The average Bonchev–Trinajstić information content (AvgIpc) is 2.31. The molecule has 1 rings (SSSR count). The highest BCUT2D eigenvalue weighted by Crippen LogP contribution is 2.18. The smallest absolute Gasteiger partial charge is 0.348 e. The van der Waals surface area contributed by atoms with Crippen LogP contribution in [0.25, 0.3) is 0 Å². The predicted octanol–water partition coefficient (Wildman–Crippen LogP) is 1.52. The Morgan fingerprint density at radius 2 is 2.28 bits per heavy atom. The van der Waals surface area contributed by atoms with E-state index in [1.54, 1.807) is 0 Å². The van der Waals surface area contributed by atoms with Crippen LogP contribution in [0.1, 0.15) is 19.8 Å². The molecule has 1 heterocycles. The molecule has 0 aromatic heterocycles. The number of esters is 2. The molecular formula is C12H18O5S. The quantitative estimate of drug-likeness (QED) is 0.572. The summed E-state index contributed by atoms with van der Waals surface area (Å²) < 4.78 is 15.3. The monoisotopic (exact) mass is 274 g/mol. The molecule has 6 heteroatoms. The summed E-state index contributed by atoms with van der Waals surface area (Å²) in [5.74, 6) is -0.268. The van der Waals surface area contributed by atoms with Gasteiger partial charge in [0.1, 0.15) is 0 Å². The van der Waals surface area contributed by atoms with E-state index in [4.69, 9.17) is 14.2 Å². The highest BCUT2D eigenvalue weighted by molar-refractivity contribution is 7.99. The van der Waals surface area contributed by atoms with Crippen molar-refractivity contribution in [2.45, 2.75) is 31.3 Å². The number of hydrogen-bond donors (Lipinski definition) is 0. The van der Waals surface area contributed by atoms with Crippen molar-refractivity contribution in [3.05, 3.63) is 12.7 Å². The summed E-state index contributed by atoms with van der Waals surface area (Å²) >= 11 is 1.54. The number of carbonyl (C=O) groups is 2. The maximum atomic E-state index is 11.7. The summed E-state index contributed by atoms with van der Waals surface area (Å²) in [5.41, 5.74) is -0.331. The fraction of sp³-hybridized carbons (Fsp3) is 0.667. The summed E-state index contributed by atoms with van der Waals surface area (Å²) in [7, 11) is 0. The Morgan fingerprint density at radius 1 is 1.50 bits per heavy atom. The fourth-order valence-electron chi connectivity index (χ4n) is 1.31. The SMILES string of the molecule is C=CC(=O)OC(C)C(=O)OC1COCCCCS1. The Bertz CT molecular complexity index is 297. The first-order valence-corrected chi connectivity index (χ1v) is 6.91. The molecule has 0 aromatic rings. The number of ether oxygens (including phenoxy) is 3. The van der Waals surface area contributed by atoms with Gasteiger partial charge in [-0.25, -0.2) is 9.59 Å². The summed E-state index contributed by atoms with van der Waals surface area (Å²) in [6.07, 6.45) is 2.15. The minimum atomic E-state index is -0.929. The van der Waals surface area contributed by atoms with Gasteiger partial charge in [0, 0.05) is 12.7 Å². The normalized spacial score (nSPS) is 22.2. The molecule has 0 bridgehead atoms. The molecule has 102 valence electrons. The van der Waals surface area contributed by atoms with E-state index in [0.717, 1.165) is 24.7 Å². The fourth-order valence-corrected chi connectivity index (χ4v) is 2.30. The van der Waals surface area contributed by atoms with Gasteiger partial charge in [0.25, 0.3) is 0 Å². The highest BCUT2D eigenvalue weighted by Gasteiger charge is 2.23. The molecule has 0 saturated carbocycles. The number of thioether (sulfide) groups is 1. The van der Waals surface area contributed by atoms with E-state index in [1.165, 1.54) is 18.7 Å². The molecule has 0 spiro atoms. The summed E-state index contributed by atoms with van der Waals surface area (Å²) in [4.78, 5) is 22.6. The van der Waals surface area contributed by atoms with E-state index in [0.29, 0.717) is 13.2 Å². The van der Waals surface area contributed by atoms with E-state index < -0.39 is 18.0 Å². The number of carbonyl (C=O) groups excluding carboxylic acids is 2. The molecular weight excluding hydrogens is 256 g/mol. The summed E-state index contributed by atoms with van der Waals surface area (Å²) in [6, 6.07) is 0. The molecule has 2 atom stereocenters. The van der Waals surface area contributed by atoms with Crippen molar-refractivity contribution in [2.75, 3.05) is 19.0 Å². The lowest BCUT2D eigenvalue weighted by atomic mass is 10.3. The molecule has 18 heavy (non-hydrogen) atoms. The van der Waals surface area contributed by atoms with Crippen LogP contribution in [0.4, 0.5) is 0 Å². The van der Waals surface area contributed by atoms with E-state index in [-0.39, 0.29) is 5.44 Å². The molecule has 1 saturated heterocycles. The van der Waals surface area contributed by atoms with Crippen molar-refractivity contribution >= 4 is 23.7 Å². The lowest BCUT2D eigenvalue weighted by Crippen LogP contribution is -2.31. The van der Waals surface area contributed by atoms with Gasteiger partial charge in [-0.15, -0.1) is 11.8 Å².